The average Bonchev–Trinajstić information content (AvgIpc) is 3.55. The van der Waals surface area contributed by atoms with Crippen LogP contribution in [0.25, 0.3) is 0 Å². The molecule has 7 nitrogen and oxygen atoms in total. The van der Waals surface area contributed by atoms with Crippen molar-refractivity contribution in [2.24, 2.45) is 4.99 Å². The van der Waals surface area contributed by atoms with Crippen molar-refractivity contribution >= 4 is 35.8 Å². The summed E-state index contributed by atoms with van der Waals surface area (Å²) in [6, 6.07) is 8.45. The van der Waals surface area contributed by atoms with Crippen LogP contribution in [-0.4, -0.2) is 76.3 Å². The number of guanidine groups is 1. The van der Waals surface area contributed by atoms with E-state index in [1.165, 1.54) is 12.8 Å². The van der Waals surface area contributed by atoms with Crippen LogP contribution in [0.1, 0.15) is 35.7 Å². The molecule has 0 atom stereocenters. The molecule has 3 N–H and O–H groups in total. The molecule has 1 aromatic rings. The minimum absolute atomic E-state index is 0. The van der Waals surface area contributed by atoms with E-state index in [2.05, 4.69) is 27.8 Å². The molecule has 0 saturated heterocycles. The third kappa shape index (κ3) is 9.77. The summed E-state index contributed by atoms with van der Waals surface area (Å²) >= 11 is 0. The molecule has 0 unspecified atom stereocenters. The zero-order valence-corrected chi connectivity index (χ0v) is 20.2. The van der Waals surface area contributed by atoms with Crippen LogP contribution in [0, 0.1) is 0 Å². The van der Waals surface area contributed by atoms with Crippen molar-refractivity contribution in [3.05, 3.63) is 35.4 Å². The van der Waals surface area contributed by atoms with Crippen LogP contribution in [0.5, 0.6) is 0 Å². The van der Waals surface area contributed by atoms with E-state index in [0.29, 0.717) is 11.6 Å². The van der Waals surface area contributed by atoms with Crippen molar-refractivity contribution < 1.29 is 9.53 Å². The summed E-state index contributed by atoms with van der Waals surface area (Å²) in [5, 5.41) is 9.35. The van der Waals surface area contributed by atoms with Crippen molar-refractivity contribution in [2.75, 3.05) is 53.5 Å². The van der Waals surface area contributed by atoms with Gasteiger partial charge in [0.05, 0.1) is 13.2 Å². The molecule has 1 aliphatic carbocycles. The van der Waals surface area contributed by atoms with Crippen LogP contribution in [0.3, 0.4) is 0 Å². The Bertz CT molecular complexity index is 637. The number of ether oxygens (including phenoxy) is 1. The highest BCUT2D eigenvalue weighted by Crippen LogP contribution is 2.26. The van der Waals surface area contributed by atoms with Crippen LogP contribution in [-0.2, 0) is 11.2 Å². The number of nitrogens with zero attached hydrogens (tertiary/aromatic N) is 2. The third-order valence-corrected chi connectivity index (χ3v) is 4.77. The third-order valence-electron chi connectivity index (χ3n) is 4.77. The predicted molar refractivity (Wildman–Crippen MR) is 129 cm³/mol. The standard InChI is InChI=1S/C21H35N5O2.HI/c1-4-23-21(25-12-13-26(14-15-28-3)19-8-9-19)24-11-10-17-6-5-7-18(16-17)20(27)22-2;/h5-7,16,19H,4,8-15H2,1-3H3,(H,22,27)(H2,23,24,25);1H. The van der Waals surface area contributed by atoms with Crippen molar-refractivity contribution in [1.29, 1.82) is 0 Å². The Balaban J connectivity index is 0.00000420. The van der Waals surface area contributed by atoms with Gasteiger partial charge >= 0.3 is 0 Å². The van der Waals surface area contributed by atoms with Gasteiger partial charge in [0, 0.05) is 51.9 Å². The number of benzene rings is 1. The minimum atomic E-state index is -0.0570. The van der Waals surface area contributed by atoms with E-state index in [0.717, 1.165) is 57.3 Å². The summed E-state index contributed by atoms with van der Waals surface area (Å²) in [5.41, 5.74) is 1.82. The molecular weight excluding hydrogens is 481 g/mol. The molecule has 2 rings (SSSR count). The molecule has 0 heterocycles. The van der Waals surface area contributed by atoms with Crippen LogP contribution >= 0.6 is 24.0 Å². The zero-order chi connectivity index (χ0) is 20.2. The summed E-state index contributed by atoms with van der Waals surface area (Å²) in [6.45, 7) is 7.13. The molecule has 1 aromatic carbocycles. The van der Waals surface area contributed by atoms with Gasteiger partial charge in [0.1, 0.15) is 0 Å². The lowest BCUT2D eigenvalue weighted by molar-refractivity contribution is 0.0963. The largest absolute Gasteiger partial charge is 0.383 e. The summed E-state index contributed by atoms with van der Waals surface area (Å²) in [5.74, 6) is 0.783. The van der Waals surface area contributed by atoms with Crippen molar-refractivity contribution in [1.82, 2.24) is 20.9 Å². The Labute approximate surface area is 192 Å². The SMILES string of the molecule is CCNC(=NCCN(CCOC)C1CC1)NCCc1cccc(C(=O)NC)c1.I. The fourth-order valence-electron chi connectivity index (χ4n) is 3.09. The molecule has 164 valence electrons. The molecule has 1 amide bonds. The highest BCUT2D eigenvalue weighted by Gasteiger charge is 2.28. The Morgan fingerprint density at radius 1 is 1.28 bits per heavy atom. The number of aliphatic imine (C=N–C) groups is 1. The fourth-order valence-corrected chi connectivity index (χ4v) is 3.09. The second kappa shape index (κ2) is 14.6. The number of rotatable bonds is 12. The number of nitrogens with one attached hydrogen (secondary N) is 3. The lowest BCUT2D eigenvalue weighted by atomic mass is 10.1. The van der Waals surface area contributed by atoms with Gasteiger partial charge in [-0.25, -0.2) is 0 Å². The summed E-state index contributed by atoms with van der Waals surface area (Å²) in [7, 11) is 3.40. The second-order valence-electron chi connectivity index (χ2n) is 6.98. The van der Waals surface area contributed by atoms with Crippen molar-refractivity contribution in [2.45, 2.75) is 32.2 Å². The molecule has 0 spiro atoms. The van der Waals surface area contributed by atoms with E-state index in [1.54, 1.807) is 14.2 Å². The molecule has 1 aliphatic rings. The van der Waals surface area contributed by atoms with Crippen LogP contribution < -0.4 is 16.0 Å². The van der Waals surface area contributed by atoms with E-state index in [1.807, 2.05) is 24.3 Å². The maximum Gasteiger partial charge on any atom is 0.251 e. The van der Waals surface area contributed by atoms with Gasteiger partial charge in [0.25, 0.3) is 5.91 Å². The first-order valence-corrected chi connectivity index (χ1v) is 10.2. The van der Waals surface area contributed by atoms with Crippen molar-refractivity contribution in [3.8, 4) is 0 Å². The number of carbonyl (C=O) groups excluding carboxylic acids is 1. The van der Waals surface area contributed by atoms with E-state index in [4.69, 9.17) is 9.73 Å². The van der Waals surface area contributed by atoms with Gasteiger partial charge in [-0.1, -0.05) is 12.1 Å². The Morgan fingerprint density at radius 3 is 2.72 bits per heavy atom. The second-order valence-corrected chi connectivity index (χ2v) is 6.98. The molecule has 0 aromatic heterocycles. The highest BCUT2D eigenvalue weighted by molar-refractivity contribution is 14.0. The predicted octanol–water partition coefficient (Wildman–Crippen LogP) is 1.87. The van der Waals surface area contributed by atoms with E-state index < -0.39 is 0 Å². The lowest BCUT2D eigenvalue weighted by Gasteiger charge is -2.20. The van der Waals surface area contributed by atoms with Gasteiger partial charge < -0.3 is 20.7 Å². The lowest BCUT2D eigenvalue weighted by Crippen LogP contribution is -2.39. The number of halogens is 1. The molecule has 0 aliphatic heterocycles. The van der Waals surface area contributed by atoms with E-state index in [9.17, 15) is 4.79 Å². The summed E-state index contributed by atoms with van der Waals surface area (Å²) in [4.78, 5) is 18.9. The van der Waals surface area contributed by atoms with Gasteiger partial charge in [-0.2, -0.15) is 0 Å². The quantitative estimate of drug-likeness (QED) is 0.224. The molecule has 29 heavy (non-hydrogen) atoms. The van der Waals surface area contributed by atoms with Crippen LogP contribution in [0.2, 0.25) is 0 Å². The number of amides is 1. The zero-order valence-electron chi connectivity index (χ0n) is 17.9. The number of hydrogen-bond donors (Lipinski definition) is 3. The Kier molecular flexibility index (Phi) is 12.9. The fraction of sp³-hybridized carbons (Fsp3) is 0.619. The van der Waals surface area contributed by atoms with Gasteiger partial charge in [-0.05, 0) is 43.9 Å². The highest BCUT2D eigenvalue weighted by atomic mass is 127. The summed E-state index contributed by atoms with van der Waals surface area (Å²) < 4.78 is 5.21. The number of hydrogen-bond acceptors (Lipinski definition) is 4. The smallest absolute Gasteiger partial charge is 0.251 e. The maximum absolute atomic E-state index is 11.8. The molecule has 1 saturated carbocycles. The maximum atomic E-state index is 11.8. The normalized spacial score (nSPS) is 13.7. The molecule has 8 heteroatoms. The first-order chi connectivity index (χ1) is 13.7. The van der Waals surface area contributed by atoms with Crippen molar-refractivity contribution in [3.63, 3.8) is 0 Å². The van der Waals surface area contributed by atoms with E-state index >= 15 is 0 Å². The summed E-state index contributed by atoms with van der Waals surface area (Å²) in [6.07, 6.45) is 3.42. The van der Waals surface area contributed by atoms with Gasteiger partial charge in [0.15, 0.2) is 5.96 Å². The number of carbonyl (C=O) groups is 1. The first-order valence-electron chi connectivity index (χ1n) is 10.2. The molecule has 0 radical (unpaired) electrons. The number of methoxy groups -OCH3 is 1. The van der Waals surface area contributed by atoms with Gasteiger partial charge in [-0.15, -0.1) is 24.0 Å². The van der Waals surface area contributed by atoms with Crippen LogP contribution in [0.15, 0.2) is 29.3 Å². The topological polar surface area (TPSA) is 78.0 Å². The van der Waals surface area contributed by atoms with Crippen LogP contribution in [0.4, 0.5) is 0 Å². The molecule has 1 fully saturated rings. The molecule has 0 bridgehead atoms. The minimum Gasteiger partial charge on any atom is -0.383 e. The molecular formula is C21H36IN5O2. The van der Waals surface area contributed by atoms with Gasteiger partial charge in [0.2, 0.25) is 0 Å². The first kappa shape index (κ1) is 25.6. The monoisotopic (exact) mass is 517 g/mol. The average molecular weight is 517 g/mol. The van der Waals surface area contributed by atoms with Gasteiger partial charge in [-0.3, -0.25) is 14.7 Å². The van der Waals surface area contributed by atoms with E-state index in [-0.39, 0.29) is 29.9 Å². The Hall–Kier alpha value is -1.39. The Morgan fingerprint density at radius 2 is 2.07 bits per heavy atom.